The third-order valence-electron chi connectivity index (χ3n) is 9.79. The summed E-state index contributed by atoms with van der Waals surface area (Å²) in [6.07, 6.45) is 12.9. The minimum Gasteiger partial charge on any atom is -0.462 e. The van der Waals surface area contributed by atoms with Crippen LogP contribution in [0.5, 0.6) is 0 Å². The Balaban J connectivity index is 0.00000220. The molecule has 2 saturated carbocycles. The molecular weight excluding hydrogens is 481 g/mol. The number of amides is 1. The summed E-state index contributed by atoms with van der Waals surface area (Å²) in [5.41, 5.74) is 3.09. The molecule has 3 aliphatic carbocycles. The summed E-state index contributed by atoms with van der Waals surface area (Å²) in [6, 6.07) is 6.89. The van der Waals surface area contributed by atoms with Crippen LogP contribution in [0.1, 0.15) is 68.2 Å². The Kier molecular flexibility index (Phi) is 7.52. The van der Waals surface area contributed by atoms with Crippen molar-refractivity contribution in [3.8, 4) is 0 Å². The predicted molar refractivity (Wildman–Crippen MR) is 150 cm³/mol. The first-order valence-electron chi connectivity index (χ1n) is 14.2. The number of esters is 1. The van der Waals surface area contributed by atoms with Crippen molar-refractivity contribution in [3.05, 3.63) is 65.5 Å². The average molecular weight is 526 g/mol. The summed E-state index contributed by atoms with van der Waals surface area (Å²) in [7, 11) is 0. The molecule has 38 heavy (non-hydrogen) atoms. The zero-order valence-electron chi connectivity index (χ0n) is 22.9. The highest BCUT2D eigenvalue weighted by Gasteiger charge is 2.62. The van der Waals surface area contributed by atoms with Gasteiger partial charge >= 0.3 is 12.1 Å². The Hall–Kier alpha value is -2.89. The first-order valence-corrected chi connectivity index (χ1v) is 14.2. The van der Waals surface area contributed by atoms with Gasteiger partial charge in [0.25, 0.3) is 0 Å². The summed E-state index contributed by atoms with van der Waals surface area (Å²) in [5, 5.41) is 3.03. The third kappa shape index (κ3) is 4.94. The maximum Gasteiger partial charge on any atom is 0.407 e. The highest BCUT2D eigenvalue weighted by molar-refractivity contribution is 5.77. The number of alkyl carbamates (subject to hydrolysis) is 1. The topological polar surface area (TPSA) is 64.6 Å². The monoisotopic (exact) mass is 525 g/mol. The summed E-state index contributed by atoms with van der Waals surface area (Å²) < 4.78 is 24.7. The zero-order valence-corrected chi connectivity index (χ0v) is 22.9. The van der Waals surface area contributed by atoms with Gasteiger partial charge in [0.2, 0.25) is 0 Å². The Morgan fingerprint density at radius 2 is 2.08 bits per heavy atom. The highest BCUT2D eigenvalue weighted by Crippen LogP contribution is 2.60. The molecule has 1 aromatic carbocycles. The Morgan fingerprint density at radius 1 is 1.26 bits per heavy atom. The molecule has 8 atom stereocenters. The summed E-state index contributed by atoms with van der Waals surface area (Å²) in [4.78, 5) is 25.0. The van der Waals surface area contributed by atoms with Crippen LogP contribution in [0, 0.1) is 40.8 Å². The fourth-order valence-electron chi connectivity index (χ4n) is 7.68. The third-order valence-corrected chi connectivity index (χ3v) is 9.79. The number of hydrogen-bond donors (Lipinski definition) is 1. The number of benzene rings is 1. The van der Waals surface area contributed by atoms with Crippen LogP contribution in [-0.2, 0) is 14.3 Å². The van der Waals surface area contributed by atoms with Gasteiger partial charge in [-0.1, -0.05) is 50.3 Å². The molecule has 3 fully saturated rings. The molecule has 0 bridgehead atoms. The molecule has 0 spiro atoms. The Morgan fingerprint density at radius 3 is 2.82 bits per heavy atom. The van der Waals surface area contributed by atoms with Gasteiger partial charge in [0.15, 0.2) is 0 Å². The molecule has 1 saturated heterocycles. The molecule has 208 valence electrons. The van der Waals surface area contributed by atoms with Crippen LogP contribution in [0.4, 0.5) is 9.18 Å². The van der Waals surface area contributed by atoms with Crippen molar-refractivity contribution in [2.75, 3.05) is 6.61 Å². The number of rotatable bonds is 5. The van der Waals surface area contributed by atoms with Gasteiger partial charge in [-0.3, -0.25) is 4.79 Å². The molecule has 1 heterocycles. The number of carbonyl (C=O) groups excluding carboxylic acids is 2. The summed E-state index contributed by atoms with van der Waals surface area (Å²) in [6.45, 7) is 8.64. The van der Waals surface area contributed by atoms with Gasteiger partial charge in [-0.2, -0.15) is 0 Å². The van der Waals surface area contributed by atoms with Crippen LogP contribution in [0.3, 0.4) is 0 Å². The van der Waals surface area contributed by atoms with Gasteiger partial charge in [0.05, 0.1) is 12.5 Å². The van der Waals surface area contributed by atoms with Gasteiger partial charge in [-0.15, -0.1) is 0 Å². The molecule has 1 N–H and O–H groups in total. The fourth-order valence-corrected chi connectivity index (χ4v) is 7.68. The lowest BCUT2D eigenvalue weighted by molar-refractivity contribution is -0.144. The minimum atomic E-state index is -0.356. The van der Waals surface area contributed by atoms with E-state index in [1.807, 2.05) is 19.9 Å². The lowest BCUT2D eigenvalue weighted by atomic mass is 9.50. The fraction of sp³-hybridized carbons (Fsp3) is 0.562. The van der Waals surface area contributed by atoms with Crippen LogP contribution in [0.2, 0.25) is 0 Å². The Bertz CT molecular complexity index is 1180. The van der Waals surface area contributed by atoms with Crippen LogP contribution in [0.15, 0.2) is 54.1 Å². The molecule has 6 heteroatoms. The lowest BCUT2D eigenvalue weighted by Gasteiger charge is -2.52. The number of hydrogen-bond acceptors (Lipinski definition) is 4. The molecule has 0 aromatic heterocycles. The maximum atomic E-state index is 13.8. The van der Waals surface area contributed by atoms with Gasteiger partial charge in [0, 0.05) is 14.3 Å². The molecule has 1 unspecified atom stereocenters. The van der Waals surface area contributed by atoms with Crippen LogP contribution < -0.4 is 5.32 Å². The van der Waals surface area contributed by atoms with Crippen molar-refractivity contribution < 1.29 is 26.3 Å². The van der Waals surface area contributed by atoms with Crippen molar-refractivity contribution in [3.63, 3.8) is 0 Å². The van der Waals surface area contributed by atoms with Crippen molar-refractivity contribution in [2.24, 2.45) is 35.0 Å². The van der Waals surface area contributed by atoms with Gasteiger partial charge in [-0.05, 0) is 98.5 Å². The molecule has 4 aliphatic rings. The highest BCUT2D eigenvalue weighted by atomic mass is 19.1. The average Bonchev–Trinajstić information content (AvgIpc) is 3.09. The first kappa shape index (κ1) is 26.7. The van der Waals surface area contributed by atoms with E-state index in [0.717, 1.165) is 43.2 Å². The molecule has 5 nitrogen and oxygen atoms in total. The smallest absolute Gasteiger partial charge is 0.407 e. The van der Waals surface area contributed by atoms with Crippen molar-refractivity contribution >= 4 is 17.6 Å². The SMILES string of the molecule is CCOC(=O)N[C@@H]1CC[C@@H]2[C@H](C1)C[C@H]1C(=O)O[C@H](C)[C@@]1(C)[C@@H]2/C=C/C1=CC=C(c2cccc(F)c2)C(C)C1.[HH].[HH]. The van der Waals surface area contributed by atoms with E-state index < -0.39 is 0 Å². The van der Waals surface area contributed by atoms with Crippen molar-refractivity contribution in [1.82, 2.24) is 5.32 Å². The second kappa shape index (κ2) is 10.7. The second-order valence-corrected chi connectivity index (χ2v) is 11.9. The normalized spacial score (nSPS) is 36.6. The number of ether oxygens (including phenoxy) is 2. The number of carbonyl (C=O) groups is 2. The van der Waals surface area contributed by atoms with E-state index >= 15 is 0 Å². The Labute approximate surface area is 228 Å². The molecule has 5 rings (SSSR count). The minimum absolute atomic E-state index is 0. The van der Waals surface area contributed by atoms with Crippen LogP contribution in [-0.4, -0.2) is 30.8 Å². The van der Waals surface area contributed by atoms with Crippen molar-refractivity contribution in [2.45, 2.75) is 71.9 Å². The quantitative estimate of drug-likeness (QED) is 0.409. The van der Waals surface area contributed by atoms with Gasteiger partial charge < -0.3 is 14.8 Å². The van der Waals surface area contributed by atoms with Crippen molar-refractivity contribution in [1.29, 1.82) is 0 Å². The number of allylic oxidation sites excluding steroid dienone is 6. The molecule has 1 amide bonds. The van der Waals surface area contributed by atoms with Crippen LogP contribution >= 0.6 is 0 Å². The molecule has 0 radical (unpaired) electrons. The predicted octanol–water partition coefficient (Wildman–Crippen LogP) is 7.34. The number of fused-ring (bicyclic) bond motifs is 2. The molecule has 1 aromatic rings. The largest absolute Gasteiger partial charge is 0.462 e. The zero-order chi connectivity index (χ0) is 27.0. The lowest BCUT2D eigenvalue weighted by Crippen LogP contribution is -2.53. The number of cyclic esters (lactones) is 1. The number of halogens is 1. The maximum absolute atomic E-state index is 13.8. The van der Waals surface area contributed by atoms with E-state index in [1.165, 1.54) is 11.6 Å². The van der Waals surface area contributed by atoms with E-state index in [9.17, 15) is 14.0 Å². The number of nitrogens with one attached hydrogen (secondary N) is 1. The first-order chi connectivity index (χ1) is 18.2. The molecule has 1 aliphatic heterocycles. The van der Waals surface area contributed by atoms with Gasteiger partial charge in [0.1, 0.15) is 11.9 Å². The van der Waals surface area contributed by atoms with E-state index in [-0.39, 0.29) is 56.0 Å². The summed E-state index contributed by atoms with van der Waals surface area (Å²) in [5.74, 6) is 0.850. The van der Waals surface area contributed by atoms with E-state index in [2.05, 4.69) is 43.5 Å². The van der Waals surface area contributed by atoms with Crippen LogP contribution in [0.25, 0.3) is 5.57 Å². The van der Waals surface area contributed by atoms with E-state index in [4.69, 9.17) is 9.47 Å². The van der Waals surface area contributed by atoms with Gasteiger partial charge in [-0.25, -0.2) is 9.18 Å². The van der Waals surface area contributed by atoms with E-state index in [0.29, 0.717) is 18.4 Å². The molecular formula is C32H44FNO4. The standard InChI is InChI=1S/C32H40FNO4.2H2/c1-5-37-31(36)34-25-11-13-27-23(17-25)18-29-30(35)38-20(3)32(29,4)28(27)14-10-21-9-12-26(19(2)15-21)22-7-6-8-24(33)16-22;;/h6-10,12,14,16,19-20,23,25,27-29H,5,11,13,15,17-18H2,1-4H3,(H,34,36);2*1H/b14-10+;;/t19?,20-,23-,25-,27-,28-,29+,32+;;/m1../s1. The second-order valence-electron chi connectivity index (χ2n) is 11.9. The van der Waals surface area contributed by atoms with E-state index in [1.54, 1.807) is 12.1 Å². The summed E-state index contributed by atoms with van der Waals surface area (Å²) >= 11 is 0.